The minimum absolute atomic E-state index is 0.0170. The summed E-state index contributed by atoms with van der Waals surface area (Å²) >= 11 is 0. The van der Waals surface area contributed by atoms with Gasteiger partial charge in [-0.15, -0.1) is 0 Å². The van der Waals surface area contributed by atoms with Crippen molar-refractivity contribution in [3.63, 3.8) is 0 Å². The van der Waals surface area contributed by atoms with Gasteiger partial charge in [-0.1, -0.05) is 0 Å². The molecular weight excluding hydrogens is 344 g/mol. The molecule has 0 aliphatic carbocycles. The molecule has 1 aliphatic rings. The lowest BCUT2D eigenvalue weighted by Crippen LogP contribution is -2.30. The summed E-state index contributed by atoms with van der Waals surface area (Å²) in [5.74, 6) is 0.247. The number of fused-ring (bicyclic) bond motifs is 1. The van der Waals surface area contributed by atoms with Gasteiger partial charge in [-0.25, -0.2) is 0 Å². The Kier molecular flexibility index (Phi) is 5.26. The van der Waals surface area contributed by atoms with Crippen LogP contribution in [-0.4, -0.2) is 30.2 Å². The Bertz CT molecular complexity index is 890. The van der Waals surface area contributed by atoms with Crippen LogP contribution in [0.1, 0.15) is 36.7 Å². The Labute approximate surface area is 158 Å². The monoisotopic (exact) mass is 366 g/mol. The van der Waals surface area contributed by atoms with Gasteiger partial charge in [0.2, 0.25) is 5.91 Å². The highest BCUT2D eigenvalue weighted by atomic mass is 16.5. The first-order valence-corrected chi connectivity index (χ1v) is 8.84. The minimum atomic E-state index is -0.699. The molecule has 3 rings (SSSR count). The summed E-state index contributed by atoms with van der Waals surface area (Å²) in [6.45, 7) is 5.38. The fraction of sp³-hybridized carbons (Fsp3) is 0.286. The first kappa shape index (κ1) is 18.6. The van der Waals surface area contributed by atoms with E-state index in [2.05, 4.69) is 5.32 Å². The first-order valence-electron chi connectivity index (χ1n) is 8.84. The van der Waals surface area contributed by atoms with Crippen molar-refractivity contribution in [1.29, 1.82) is 0 Å². The smallest absolute Gasteiger partial charge is 0.265 e. The molecule has 6 nitrogen and oxygen atoms in total. The van der Waals surface area contributed by atoms with Gasteiger partial charge < -0.3 is 15.0 Å². The number of hydrogen-bond donors (Lipinski definition) is 1. The molecule has 1 atom stereocenters. The summed E-state index contributed by atoms with van der Waals surface area (Å²) in [6, 6.07) is 12.2. The number of nitrogens with zero attached hydrogens (tertiary/aromatic N) is 1. The molecule has 0 saturated carbocycles. The molecule has 0 unspecified atom stereocenters. The second-order valence-electron chi connectivity index (χ2n) is 6.59. The van der Waals surface area contributed by atoms with Crippen LogP contribution in [0, 0.1) is 0 Å². The number of hydrogen-bond acceptors (Lipinski definition) is 4. The summed E-state index contributed by atoms with van der Waals surface area (Å²) in [7, 11) is 0. The number of ketones is 1. The normalized spacial score (nSPS) is 13.7. The predicted octanol–water partition coefficient (Wildman–Crippen LogP) is 3.20. The molecule has 0 fully saturated rings. The zero-order valence-electron chi connectivity index (χ0n) is 15.6. The van der Waals surface area contributed by atoms with E-state index >= 15 is 0 Å². The molecule has 1 heterocycles. The van der Waals surface area contributed by atoms with E-state index in [4.69, 9.17) is 4.74 Å². The van der Waals surface area contributed by atoms with Crippen LogP contribution < -0.4 is 15.0 Å². The van der Waals surface area contributed by atoms with Crippen LogP contribution in [0.25, 0.3) is 0 Å². The quantitative estimate of drug-likeness (QED) is 0.825. The Hall–Kier alpha value is -3.15. The van der Waals surface area contributed by atoms with Gasteiger partial charge in [-0.3, -0.25) is 14.4 Å². The molecular formula is C21H22N2O4. The Balaban J connectivity index is 1.63. The maximum Gasteiger partial charge on any atom is 0.265 e. The molecule has 140 valence electrons. The van der Waals surface area contributed by atoms with E-state index in [0.29, 0.717) is 23.5 Å². The molecule has 2 amide bonds. The van der Waals surface area contributed by atoms with Crippen LogP contribution in [0.4, 0.5) is 11.4 Å². The molecule has 0 bridgehead atoms. The average molecular weight is 366 g/mol. The van der Waals surface area contributed by atoms with Gasteiger partial charge in [0.15, 0.2) is 11.9 Å². The lowest BCUT2D eigenvalue weighted by atomic mass is 10.1. The molecule has 2 aromatic rings. The second-order valence-corrected chi connectivity index (χ2v) is 6.59. The number of carbonyl (C=O) groups excluding carboxylic acids is 3. The standard InChI is InChI=1S/C21H22N2O4/c1-13(24)16-4-7-19(8-5-16)27-14(2)21(26)22-18-6-9-20-17(12-18)10-11-23(20)15(3)25/h4-9,12,14H,10-11H2,1-3H3,(H,22,26)/t14-/m1/s1. The van der Waals surface area contributed by atoms with Crippen LogP contribution in [0.3, 0.4) is 0 Å². The van der Waals surface area contributed by atoms with Gasteiger partial charge in [-0.05, 0) is 68.3 Å². The van der Waals surface area contributed by atoms with Crippen molar-refractivity contribution in [2.75, 3.05) is 16.8 Å². The molecule has 1 N–H and O–H groups in total. The largest absolute Gasteiger partial charge is 0.481 e. The van der Waals surface area contributed by atoms with Crippen molar-refractivity contribution >= 4 is 29.0 Å². The van der Waals surface area contributed by atoms with Gasteiger partial charge in [0, 0.05) is 30.4 Å². The number of carbonyl (C=O) groups is 3. The van der Waals surface area contributed by atoms with Gasteiger partial charge in [0.05, 0.1) is 0 Å². The summed E-state index contributed by atoms with van der Waals surface area (Å²) in [6.07, 6.45) is 0.0721. The minimum Gasteiger partial charge on any atom is -0.481 e. The van der Waals surface area contributed by atoms with Crippen molar-refractivity contribution in [3.05, 3.63) is 53.6 Å². The Morgan fingerprint density at radius 2 is 1.78 bits per heavy atom. The Morgan fingerprint density at radius 1 is 1.07 bits per heavy atom. The number of Topliss-reactive ketones (excluding diaryl/α,β-unsaturated/α-hetero) is 1. The van der Waals surface area contributed by atoms with Gasteiger partial charge >= 0.3 is 0 Å². The summed E-state index contributed by atoms with van der Waals surface area (Å²) in [4.78, 5) is 37.1. The third-order valence-corrected chi connectivity index (χ3v) is 4.57. The van der Waals surface area contributed by atoms with Crippen molar-refractivity contribution in [3.8, 4) is 5.75 Å². The highest BCUT2D eigenvalue weighted by Gasteiger charge is 2.23. The zero-order valence-corrected chi connectivity index (χ0v) is 15.6. The van der Waals surface area contributed by atoms with E-state index in [1.54, 1.807) is 49.1 Å². The SMILES string of the molecule is CC(=O)c1ccc(O[C@H](C)C(=O)Nc2ccc3c(c2)CCN3C(C)=O)cc1. The first-order chi connectivity index (χ1) is 12.8. The second kappa shape index (κ2) is 7.61. The summed E-state index contributed by atoms with van der Waals surface area (Å²) < 4.78 is 5.65. The number of rotatable bonds is 5. The van der Waals surface area contributed by atoms with Gasteiger partial charge in [-0.2, -0.15) is 0 Å². The van der Waals surface area contributed by atoms with E-state index in [-0.39, 0.29) is 17.6 Å². The van der Waals surface area contributed by atoms with E-state index in [9.17, 15) is 14.4 Å². The van der Waals surface area contributed by atoms with Gasteiger partial charge in [0.25, 0.3) is 5.91 Å². The maximum absolute atomic E-state index is 12.4. The molecule has 0 radical (unpaired) electrons. The van der Waals surface area contributed by atoms with Crippen LogP contribution >= 0.6 is 0 Å². The molecule has 0 saturated heterocycles. The topological polar surface area (TPSA) is 75.7 Å². The van der Waals surface area contributed by atoms with Crippen molar-refractivity contribution in [2.24, 2.45) is 0 Å². The lowest BCUT2D eigenvalue weighted by Gasteiger charge is -2.17. The van der Waals surface area contributed by atoms with E-state index < -0.39 is 6.10 Å². The van der Waals surface area contributed by atoms with Crippen LogP contribution in [0.5, 0.6) is 5.75 Å². The maximum atomic E-state index is 12.4. The number of ether oxygens (including phenoxy) is 1. The van der Waals surface area contributed by atoms with E-state index in [0.717, 1.165) is 17.7 Å². The van der Waals surface area contributed by atoms with E-state index in [1.165, 1.54) is 6.92 Å². The molecule has 1 aliphatic heterocycles. The average Bonchev–Trinajstić information content (AvgIpc) is 3.05. The molecule has 27 heavy (non-hydrogen) atoms. The van der Waals surface area contributed by atoms with Crippen molar-refractivity contribution in [2.45, 2.75) is 33.3 Å². The molecule has 0 spiro atoms. The zero-order chi connectivity index (χ0) is 19.6. The highest BCUT2D eigenvalue weighted by molar-refractivity contribution is 5.97. The van der Waals surface area contributed by atoms with Crippen LogP contribution in [-0.2, 0) is 16.0 Å². The summed E-state index contributed by atoms with van der Waals surface area (Å²) in [5, 5.41) is 2.84. The van der Waals surface area contributed by atoms with E-state index in [1.807, 2.05) is 12.1 Å². The lowest BCUT2D eigenvalue weighted by molar-refractivity contribution is -0.122. The molecule has 2 aromatic carbocycles. The summed E-state index contributed by atoms with van der Waals surface area (Å²) in [5.41, 5.74) is 3.20. The van der Waals surface area contributed by atoms with Crippen molar-refractivity contribution < 1.29 is 19.1 Å². The predicted molar refractivity (Wildman–Crippen MR) is 103 cm³/mol. The number of anilines is 2. The fourth-order valence-corrected chi connectivity index (χ4v) is 3.08. The molecule has 6 heteroatoms. The number of nitrogens with one attached hydrogen (secondary N) is 1. The van der Waals surface area contributed by atoms with Gasteiger partial charge in [0.1, 0.15) is 5.75 Å². The van der Waals surface area contributed by atoms with Crippen LogP contribution in [0.2, 0.25) is 0 Å². The van der Waals surface area contributed by atoms with Crippen molar-refractivity contribution in [1.82, 2.24) is 0 Å². The third kappa shape index (κ3) is 4.16. The number of benzene rings is 2. The fourth-order valence-electron chi connectivity index (χ4n) is 3.08. The van der Waals surface area contributed by atoms with Crippen LogP contribution in [0.15, 0.2) is 42.5 Å². The Morgan fingerprint density at radius 3 is 2.41 bits per heavy atom. The molecule has 0 aromatic heterocycles. The third-order valence-electron chi connectivity index (χ3n) is 4.57. The highest BCUT2D eigenvalue weighted by Crippen LogP contribution is 2.30. The number of amides is 2.